The van der Waals surface area contributed by atoms with Crippen LogP contribution in [0.15, 0.2) is 18.2 Å². The third-order valence-electron chi connectivity index (χ3n) is 2.61. The van der Waals surface area contributed by atoms with Gasteiger partial charge in [0.2, 0.25) is 0 Å². The first-order valence-electron chi connectivity index (χ1n) is 5.63. The van der Waals surface area contributed by atoms with Gasteiger partial charge in [-0.05, 0) is 29.5 Å². The number of aryl methyl sites for hydroxylation is 2. The summed E-state index contributed by atoms with van der Waals surface area (Å²) in [5, 5.41) is 0. The van der Waals surface area contributed by atoms with Crippen molar-refractivity contribution < 1.29 is 0 Å². The second-order valence-corrected chi connectivity index (χ2v) is 3.76. The van der Waals surface area contributed by atoms with E-state index >= 15 is 0 Å². The first-order valence-corrected chi connectivity index (χ1v) is 5.63. The second kappa shape index (κ2) is 7.72. The van der Waals surface area contributed by atoms with Crippen LogP contribution in [-0.2, 0) is 19.4 Å². The molecule has 0 spiro atoms. The molecule has 1 nitrogen and oxygen atoms in total. The fourth-order valence-electron chi connectivity index (χ4n) is 1.96. The molecule has 0 unspecified atom stereocenters. The fraction of sp³-hybridized carbons (Fsp3) is 0.538. The van der Waals surface area contributed by atoms with E-state index in [9.17, 15) is 0 Å². The monoisotopic (exact) mass is 227 g/mol. The molecule has 0 aromatic heterocycles. The largest absolute Gasteiger partial charge is 0.326 e. The van der Waals surface area contributed by atoms with Crippen LogP contribution >= 0.6 is 12.4 Å². The Labute approximate surface area is 99.5 Å². The van der Waals surface area contributed by atoms with Gasteiger partial charge in [-0.25, -0.2) is 0 Å². The van der Waals surface area contributed by atoms with E-state index in [1.165, 1.54) is 29.5 Å². The maximum atomic E-state index is 5.81. The minimum atomic E-state index is 0. The predicted molar refractivity (Wildman–Crippen MR) is 69.6 cm³/mol. The average molecular weight is 228 g/mol. The van der Waals surface area contributed by atoms with E-state index in [4.69, 9.17) is 5.73 Å². The minimum Gasteiger partial charge on any atom is -0.326 e. The van der Waals surface area contributed by atoms with E-state index in [2.05, 4.69) is 32.0 Å². The maximum Gasteiger partial charge on any atom is 0.0183 e. The van der Waals surface area contributed by atoms with Crippen LogP contribution in [0.25, 0.3) is 0 Å². The molecule has 1 rings (SSSR count). The fourth-order valence-corrected chi connectivity index (χ4v) is 1.96. The molecule has 2 N–H and O–H groups in total. The van der Waals surface area contributed by atoms with Crippen LogP contribution in [0, 0.1) is 0 Å². The van der Waals surface area contributed by atoms with Crippen LogP contribution in [0.5, 0.6) is 0 Å². The molecule has 1 aromatic carbocycles. The summed E-state index contributed by atoms with van der Waals surface area (Å²) in [5.41, 5.74) is 10.1. The Hall–Kier alpha value is -0.530. The molecule has 0 aliphatic carbocycles. The van der Waals surface area contributed by atoms with Crippen LogP contribution < -0.4 is 5.73 Å². The summed E-state index contributed by atoms with van der Waals surface area (Å²) in [6.45, 7) is 5.12. The molecule has 0 radical (unpaired) electrons. The second-order valence-electron chi connectivity index (χ2n) is 3.76. The van der Waals surface area contributed by atoms with Crippen molar-refractivity contribution in [3.8, 4) is 0 Å². The highest BCUT2D eigenvalue weighted by Crippen LogP contribution is 2.17. The van der Waals surface area contributed by atoms with E-state index in [0.717, 1.165) is 12.8 Å². The van der Waals surface area contributed by atoms with Crippen molar-refractivity contribution in [3.63, 3.8) is 0 Å². The summed E-state index contributed by atoms with van der Waals surface area (Å²) in [7, 11) is 0. The highest BCUT2D eigenvalue weighted by atomic mass is 35.5. The topological polar surface area (TPSA) is 26.0 Å². The average Bonchev–Trinajstić information content (AvgIpc) is 2.19. The van der Waals surface area contributed by atoms with Crippen molar-refractivity contribution in [2.45, 2.75) is 46.1 Å². The van der Waals surface area contributed by atoms with Gasteiger partial charge in [0.1, 0.15) is 0 Å². The molecule has 0 fully saturated rings. The third-order valence-corrected chi connectivity index (χ3v) is 2.61. The molecule has 0 saturated heterocycles. The van der Waals surface area contributed by atoms with Gasteiger partial charge in [0.15, 0.2) is 0 Å². The van der Waals surface area contributed by atoms with E-state index < -0.39 is 0 Å². The smallest absolute Gasteiger partial charge is 0.0183 e. The predicted octanol–water partition coefficient (Wildman–Crippen LogP) is 3.47. The third kappa shape index (κ3) is 3.84. The van der Waals surface area contributed by atoms with Gasteiger partial charge in [-0.2, -0.15) is 0 Å². The zero-order valence-electron chi connectivity index (χ0n) is 9.75. The van der Waals surface area contributed by atoms with E-state index in [1.807, 2.05) is 0 Å². The zero-order chi connectivity index (χ0) is 10.4. The minimum absolute atomic E-state index is 0. The van der Waals surface area contributed by atoms with Crippen molar-refractivity contribution in [3.05, 3.63) is 34.9 Å². The molecule has 0 atom stereocenters. The summed E-state index contributed by atoms with van der Waals surface area (Å²) < 4.78 is 0. The molecule has 0 saturated carbocycles. The van der Waals surface area contributed by atoms with Gasteiger partial charge in [-0.15, -0.1) is 12.4 Å². The van der Waals surface area contributed by atoms with E-state index in [0.29, 0.717) is 6.54 Å². The highest BCUT2D eigenvalue weighted by Gasteiger charge is 2.04. The molecule has 0 aliphatic heterocycles. The molecule has 2 heteroatoms. The molecular weight excluding hydrogens is 206 g/mol. The molecule has 0 bridgehead atoms. The van der Waals surface area contributed by atoms with Gasteiger partial charge in [0.25, 0.3) is 0 Å². The lowest BCUT2D eigenvalue weighted by Gasteiger charge is -2.12. The van der Waals surface area contributed by atoms with Gasteiger partial charge in [-0.1, -0.05) is 44.9 Å². The first-order chi connectivity index (χ1) is 6.83. The van der Waals surface area contributed by atoms with E-state index in [-0.39, 0.29) is 12.4 Å². The van der Waals surface area contributed by atoms with Crippen LogP contribution in [0.3, 0.4) is 0 Å². The van der Waals surface area contributed by atoms with Crippen molar-refractivity contribution in [2.24, 2.45) is 5.73 Å². The van der Waals surface area contributed by atoms with Crippen LogP contribution in [0.2, 0.25) is 0 Å². The Morgan fingerprint density at radius 2 is 1.47 bits per heavy atom. The number of hydrogen-bond acceptors (Lipinski definition) is 1. The lowest BCUT2D eigenvalue weighted by Crippen LogP contribution is -2.06. The number of rotatable bonds is 5. The number of nitrogens with two attached hydrogens (primary N) is 1. The molecule has 86 valence electrons. The Morgan fingerprint density at radius 3 is 1.80 bits per heavy atom. The SMILES string of the molecule is CCCc1cccc(CCC)c1CN.Cl. The Morgan fingerprint density at radius 1 is 1.00 bits per heavy atom. The summed E-state index contributed by atoms with van der Waals surface area (Å²) in [4.78, 5) is 0. The van der Waals surface area contributed by atoms with Gasteiger partial charge in [0, 0.05) is 6.54 Å². The Bertz CT molecular complexity index is 260. The number of benzene rings is 1. The molecule has 0 heterocycles. The number of halogens is 1. The quantitative estimate of drug-likeness (QED) is 0.819. The zero-order valence-corrected chi connectivity index (χ0v) is 10.6. The van der Waals surface area contributed by atoms with Gasteiger partial charge < -0.3 is 5.73 Å². The summed E-state index contributed by atoms with van der Waals surface area (Å²) in [6.07, 6.45) is 4.71. The molecular formula is C13H22ClN. The Balaban J connectivity index is 0.00000196. The molecule has 15 heavy (non-hydrogen) atoms. The number of hydrogen-bond donors (Lipinski definition) is 1. The highest BCUT2D eigenvalue weighted by molar-refractivity contribution is 5.85. The van der Waals surface area contributed by atoms with Crippen molar-refractivity contribution in [1.29, 1.82) is 0 Å². The first kappa shape index (κ1) is 14.5. The van der Waals surface area contributed by atoms with Crippen LogP contribution in [-0.4, -0.2) is 0 Å². The van der Waals surface area contributed by atoms with Crippen molar-refractivity contribution in [2.75, 3.05) is 0 Å². The normalized spacial score (nSPS) is 9.80. The lowest BCUT2D eigenvalue weighted by molar-refractivity contribution is 0.853. The van der Waals surface area contributed by atoms with Crippen LogP contribution in [0.1, 0.15) is 43.4 Å². The van der Waals surface area contributed by atoms with Gasteiger partial charge in [0.05, 0.1) is 0 Å². The van der Waals surface area contributed by atoms with E-state index in [1.54, 1.807) is 0 Å². The summed E-state index contributed by atoms with van der Waals surface area (Å²) >= 11 is 0. The van der Waals surface area contributed by atoms with Crippen LogP contribution in [0.4, 0.5) is 0 Å². The summed E-state index contributed by atoms with van der Waals surface area (Å²) in [6, 6.07) is 6.59. The molecule has 0 amide bonds. The van der Waals surface area contributed by atoms with Gasteiger partial charge >= 0.3 is 0 Å². The Kier molecular flexibility index (Phi) is 7.45. The molecule has 1 aromatic rings. The standard InChI is InChI=1S/C13H21N.ClH/c1-3-6-11-8-5-9-12(7-4-2)13(11)10-14;/h5,8-9H,3-4,6-7,10,14H2,1-2H3;1H. The van der Waals surface area contributed by atoms with Crippen molar-refractivity contribution in [1.82, 2.24) is 0 Å². The molecule has 0 aliphatic rings. The lowest BCUT2D eigenvalue weighted by atomic mass is 9.95. The maximum absolute atomic E-state index is 5.81. The van der Waals surface area contributed by atoms with Crippen molar-refractivity contribution >= 4 is 12.4 Å². The summed E-state index contributed by atoms with van der Waals surface area (Å²) in [5.74, 6) is 0. The van der Waals surface area contributed by atoms with Gasteiger partial charge in [-0.3, -0.25) is 0 Å².